The molecule has 3 atom stereocenters. The molecule has 2 aliphatic rings. The molecule has 0 bridgehead atoms. The molecule has 172 valence electrons. The maximum absolute atomic E-state index is 13.0. The first kappa shape index (κ1) is 25.1. The molecule has 0 N–H and O–H groups in total. The normalized spacial score (nSPS) is 27.9. The minimum absolute atomic E-state index is 0.0121. The summed E-state index contributed by atoms with van der Waals surface area (Å²) in [5.74, 6) is -0.696. The van der Waals surface area contributed by atoms with Crippen LogP contribution in [0.4, 0.5) is 0 Å². The van der Waals surface area contributed by atoms with Crippen LogP contribution in [0.2, 0.25) is 0 Å². The van der Waals surface area contributed by atoms with E-state index in [1.807, 2.05) is 41.5 Å². The highest BCUT2D eigenvalue weighted by Crippen LogP contribution is 2.68. The van der Waals surface area contributed by atoms with Crippen LogP contribution in [0.15, 0.2) is 0 Å². The number of carbonyl (C=O) groups is 3. The van der Waals surface area contributed by atoms with Gasteiger partial charge in [-0.25, -0.2) is 0 Å². The van der Waals surface area contributed by atoms with E-state index in [9.17, 15) is 14.4 Å². The van der Waals surface area contributed by atoms with Crippen LogP contribution in [0.1, 0.15) is 67.7 Å². The maximum Gasteiger partial charge on any atom is 0.313 e. The number of rotatable bonds is 11. The number of alkyl halides is 1. The first-order valence-electron chi connectivity index (χ1n) is 10.7. The van der Waals surface area contributed by atoms with E-state index in [2.05, 4.69) is 15.9 Å². The molecule has 3 unspecified atom stereocenters. The van der Waals surface area contributed by atoms with Crippen LogP contribution >= 0.6 is 15.9 Å². The molecule has 1 aliphatic carbocycles. The lowest BCUT2D eigenvalue weighted by Crippen LogP contribution is -2.46. The summed E-state index contributed by atoms with van der Waals surface area (Å²) in [5.41, 5.74) is -2.13. The van der Waals surface area contributed by atoms with Crippen molar-refractivity contribution in [3.63, 3.8) is 0 Å². The SMILES string of the molecule is CCC(=O)N(CC)COC(=O)C(C)(C)C(C)(C)CC1(C(=O)OCC2CO2)CC1(C)Br. The first-order valence-corrected chi connectivity index (χ1v) is 11.5. The van der Waals surface area contributed by atoms with Gasteiger partial charge in [0.2, 0.25) is 5.91 Å². The second-order valence-corrected chi connectivity index (χ2v) is 11.6. The van der Waals surface area contributed by atoms with E-state index in [0.29, 0.717) is 32.4 Å². The summed E-state index contributed by atoms with van der Waals surface area (Å²) in [6, 6.07) is 0. The highest BCUT2D eigenvalue weighted by atomic mass is 79.9. The standard InChI is InChI=1S/C22H36BrNO6/c1-8-16(25)24(9-2)14-30-17(26)20(5,6)19(3,4)12-22(13-21(22,7)23)18(27)29-11-15-10-28-15/h15H,8-14H2,1-7H3. The Balaban J connectivity index is 2.07. The second-order valence-electron chi connectivity index (χ2n) is 9.86. The third kappa shape index (κ3) is 5.01. The van der Waals surface area contributed by atoms with E-state index in [0.717, 1.165) is 0 Å². The van der Waals surface area contributed by atoms with Crippen LogP contribution < -0.4 is 0 Å². The topological polar surface area (TPSA) is 85.4 Å². The predicted octanol–water partition coefficient (Wildman–Crippen LogP) is 3.67. The average molecular weight is 490 g/mol. The number of hydrogen-bond acceptors (Lipinski definition) is 6. The molecular formula is C22H36BrNO6. The summed E-state index contributed by atoms with van der Waals surface area (Å²) in [5, 5.41) is 0. The van der Waals surface area contributed by atoms with E-state index in [1.54, 1.807) is 6.92 Å². The maximum atomic E-state index is 13.0. The van der Waals surface area contributed by atoms with Gasteiger partial charge in [0.05, 0.1) is 17.4 Å². The molecule has 8 heteroatoms. The molecule has 0 spiro atoms. The van der Waals surface area contributed by atoms with Crippen molar-refractivity contribution in [3.05, 3.63) is 0 Å². The molecule has 7 nitrogen and oxygen atoms in total. The van der Waals surface area contributed by atoms with Crippen LogP contribution in [-0.2, 0) is 28.6 Å². The van der Waals surface area contributed by atoms with Crippen molar-refractivity contribution >= 4 is 33.8 Å². The van der Waals surface area contributed by atoms with E-state index >= 15 is 0 Å². The summed E-state index contributed by atoms with van der Waals surface area (Å²) in [6.07, 6.45) is 1.49. The fourth-order valence-corrected chi connectivity index (χ4v) is 4.51. The Bertz CT molecular complexity index is 685. The molecule has 0 radical (unpaired) electrons. The Morgan fingerprint density at radius 3 is 2.17 bits per heavy atom. The molecule has 0 aromatic carbocycles. The fourth-order valence-electron chi connectivity index (χ4n) is 3.73. The van der Waals surface area contributed by atoms with Crippen molar-refractivity contribution in [2.75, 3.05) is 26.5 Å². The average Bonchev–Trinajstić information content (AvgIpc) is 3.56. The van der Waals surface area contributed by atoms with Gasteiger partial charge in [-0.2, -0.15) is 0 Å². The van der Waals surface area contributed by atoms with Gasteiger partial charge in [-0.1, -0.05) is 36.7 Å². The second kappa shape index (κ2) is 8.77. The van der Waals surface area contributed by atoms with Crippen molar-refractivity contribution < 1.29 is 28.6 Å². The smallest absolute Gasteiger partial charge is 0.313 e. The Kier molecular flexibility index (Phi) is 7.34. The number of nitrogens with zero attached hydrogens (tertiary/aromatic N) is 1. The van der Waals surface area contributed by atoms with Gasteiger partial charge < -0.3 is 19.1 Å². The zero-order chi connectivity index (χ0) is 23.0. The van der Waals surface area contributed by atoms with Gasteiger partial charge in [0.25, 0.3) is 0 Å². The predicted molar refractivity (Wildman–Crippen MR) is 116 cm³/mol. The van der Waals surface area contributed by atoms with Gasteiger partial charge in [0, 0.05) is 17.3 Å². The molecule has 1 amide bonds. The van der Waals surface area contributed by atoms with Crippen molar-refractivity contribution in [2.45, 2.75) is 78.2 Å². The highest BCUT2D eigenvalue weighted by Gasteiger charge is 2.71. The number of hydrogen-bond donors (Lipinski definition) is 0. The molecule has 1 saturated heterocycles. The monoisotopic (exact) mass is 489 g/mol. The quantitative estimate of drug-likeness (QED) is 0.190. The number of epoxide rings is 1. The van der Waals surface area contributed by atoms with Gasteiger partial charge >= 0.3 is 11.9 Å². The highest BCUT2D eigenvalue weighted by molar-refractivity contribution is 9.10. The summed E-state index contributed by atoms with van der Waals surface area (Å²) >= 11 is 3.68. The van der Waals surface area contributed by atoms with Gasteiger partial charge in [0.1, 0.15) is 12.7 Å². The van der Waals surface area contributed by atoms with E-state index < -0.39 is 16.2 Å². The lowest BCUT2D eigenvalue weighted by atomic mass is 9.63. The third-order valence-corrected chi connectivity index (χ3v) is 8.07. The zero-order valence-corrected chi connectivity index (χ0v) is 20.9. The van der Waals surface area contributed by atoms with Crippen molar-refractivity contribution in [2.24, 2.45) is 16.2 Å². The number of amides is 1. The molecule has 1 saturated carbocycles. The lowest BCUT2D eigenvalue weighted by Gasteiger charge is -2.42. The van der Waals surface area contributed by atoms with Crippen molar-refractivity contribution in [1.82, 2.24) is 4.90 Å². The van der Waals surface area contributed by atoms with Crippen LogP contribution in [-0.4, -0.2) is 59.7 Å². The van der Waals surface area contributed by atoms with Gasteiger partial charge in [-0.3, -0.25) is 14.4 Å². The lowest BCUT2D eigenvalue weighted by molar-refractivity contribution is -0.170. The van der Waals surface area contributed by atoms with Crippen molar-refractivity contribution in [3.8, 4) is 0 Å². The molecular weight excluding hydrogens is 454 g/mol. The molecule has 30 heavy (non-hydrogen) atoms. The molecule has 0 aromatic heterocycles. The van der Waals surface area contributed by atoms with Gasteiger partial charge in [-0.15, -0.1) is 0 Å². The van der Waals surface area contributed by atoms with E-state index in [4.69, 9.17) is 14.2 Å². The Hall–Kier alpha value is -1.15. The van der Waals surface area contributed by atoms with Crippen LogP contribution in [0.5, 0.6) is 0 Å². The Morgan fingerprint density at radius 2 is 1.73 bits per heavy atom. The number of ether oxygens (including phenoxy) is 3. The van der Waals surface area contributed by atoms with Gasteiger partial charge in [-0.05, 0) is 46.0 Å². The van der Waals surface area contributed by atoms with E-state index in [1.165, 1.54) is 4.90 Å². The number of halogens is 1. The Labute approximate surface area is 188 Å². The van der Waals surface area contributed by atoms with E-state index in [-0.39, 0.29) is 41.6 Å². The first-order chi connectivity index (χ1) is 13.7. The zero-order valence-electron chi connectivity index (χ0n) is 19.3. The summed E-state index contributed by atoms with van der Waals surface area (Å²) in [4.78, 5) is 39.4. The minimum atomic E-state index is -0.875. The molecule has 2 fully saturated rings. The van der Waals surface area contributed by atoms with Crippen molar-refractivity contribution in [1.29, 1.82) is 0 Å². The molecule has 1 aliphatic heterocycles. The van der Waals surface area contributed by atoms with Crippen LogP contribution in [0.3, 0.4) is 0 Å². The van der Waals surface area contributed by atoms with Crippen LogP contribution in [0.25, 0.3) is 0 Å². The molecule has 0 aromatic rings. The van der Waals surface area contributed by atoms with Gasteiger partial charge in [0.15, 0.2) is 6.73 Å². The summed E-state index contributed by atoms with van der Waals surface area (Å²) < 4.78 is 15.8. The summed E-state index contributed by atoms with van der Waals surface area (Å²) in [6.45, 7) is 14.5. The fraction of sp³-hybridized carbons (Fsp3) is 0.864. The minimum Gasteiger partial charge on any atom is -0.462 e. The largest absolute Gasteiger partial charge is 0.462 e. The van der Waals surface area contributed by atoms with Crippen LogP contribution in [0, 0.1) is 16.2 Å². The summed E-state index contributed by atoms with van der Waals surface area (Å²) in [7, 11) is 0. The number of carbonyl (C=O) groups excluding carboxylic acids is 3. The molecule has 2 rings (SSSR count). The number of esters is 2. The molecule has 1 heterocycles. The third-order valence-electron chi connectivity index (χ3n) is 7.03. The Morgan fingerprint density at radius 1 is 1.17 bits per heavy atom.